The smallest absolute Gasteiger partial charge is 0.419 e. The Hall–Kier alpha value is -3.01. The lowest BCUT2D eigenvalue weighted by molar-refractivity contribution is -0.138. The molecule has 0 bridgehead atoms. The van der Waals surface area contributed by atoms with E-state index in [1.54, 1.807) is 0 Å². The standard InChI is InChI=1S/C17H14F3N3O3S/c1-23-16(10-11-21-23)27(24,25)22-12-6-8-13(9-7-12)26-15-5-3-2-4-14(15)17(18,19)20/h2-11,22H,1H3. The second kappa shape index (κ2) is 6.95. The number of rotatable bonds is 5. The van der Waals surface area contributed by atoms with Crippen LogP contribution in [0.1, 0.15) is 5.56 Å². The second-order valence-corrected chi connectivity index (χ2v) is 7.15. The third-order valence-electron chi connectivity index (χ3n) is 3.58. The molecule has 0 amide bonds. The number of ether oxygens (including phenoxy) is 1. The molecule has 2 aromatic carbocycles. The number of hydrogen-bond acceptors (Lipinski definition) is 4. The van der Waals surface area contributed by atoms with E-state index in [0.29, 0.717) is 0 Å². The zero-order valence-electron chi connectivity index (χ0n) is 13.9. The molecule has 0 spiro atoms. The van der Waals surface area contributed by atoms with Crippen molar-refractivity contribution in [2.45, 2.75) is 11.2 Å². The quantitative estimate of drug-likeness (QED) is 0.706. The van der Waals surface area contributed by atoms with Gasteiger partial charge in [-0.25, -0.2) is 0 Å². The number of aryl methyl sites for hydroxylation is 1. The molecule has 3 rings (SSSR count). The van der Waals surface area contributed by atoms with E-state index < -0.39 is 21.8 Å². The van der Waals surface area contributed by atoms with Gasteiger partial charge in [-0.3, -0.25) is 9.40 Å². The molecular formula is C17H14F3N3O3S. The average molecular weight is 397 g/mol. The molecule has 0 atom stereocenters. The molecule has 0 aliphatic heterocycles. The first kappa shape index (κ1) is 18.8. The summed E-state index contributed by atoms with van der Waals surface area (Å²) in [6, 6.07) is 11.7. The monoisotopic (exact) mass is 397 g/mol. The highest BCUT2D eigenvalue weighted by atomic mass is 32.2. The molecule has 142 valence electrons. The predicted molar refractivity (Wildman–Crippen MR) is 92.0 cm³/mol. The minimum Gasteiger partial charge on any atom is -0.457 e. The fourth-order valence-electron chi connectivity index (χ4n) is 2.34. The molecule has 1 N–H and O–H groups in total. The molecule has 0 fully saturated rings. The molecule has 10 heteroatoms. The van der Waals surface area contributed by atoms with Crippen molar-refractivity contribution in [1.82, 2.24) is 9.78 Å². The number of nitrogens with zero attached hydrogens (tertiary/aromatic N) is 2. The van der Waals surface area contributed by atoms with Crippen molar-refractivity contribution >= 4 is 15.7 Å². The summed E-state index contributed by atoms with van der Waals surface area (Å²) >= 11 is 0. The summed E-state index contributed by atoms with van der Waals surface area (Å²) in [5.41, 5.74) is -0.668. The fourth-order valence-corrected chi connectivity index (χ4v) is 3.53. The number of aromatic nitrogens is 2. The van der Waals surface area contributed by atoms with Crippen molar-refractivity contribution in [1.29, 1.82) is 0 Å². The Morgan fingerprint density at radius 2 is 1.70 bits per heavy atom. The summed E-state index contributed by atoms with van der Waals surface area (Å²) in [7, 11) is -2.35. The summed E-state index contributed by atoms with van der Waals surface area (Å²) in [5, 5.41) is 3.77. The van der Waals surface area contributed by atoms with Crippen molar-refractivity contribution < 1.29 is 26.3 Å². The number of para-hydroxylation sites is 1. The zero-order chi connectivity index (χ0) is 19.7. The molecule has 0 unspecified atom stereocenters. The maximum atomic E-state index is 13.0. The van der Waals surface area contributed by atoms with Gasteiger partial charge in [0.15, 0.2) is 5.03 Å². The molecule has 3 aromatic rings. The molecule has 0 aliphatic carbocycles. The second-order valence-electron chi connectivity index (χ2n) is 5.52. The van der Waals surface area contributed by atoms with Crippen LogP contribution in [0.2, 0.25) is 0 Å². The fraction of sp³-hybridized carbons (Fsp3) is 0.118. The van der Waals surface area contributed by atoms with Gasteiger partial charge in [-0.2, -0.15) is 26.7 Å². The summed E-state index contributed by atoms with van der Waals surface area (Å²) in [4.78, 5) is 0. The maximum Gasteiger partial charge on any atom is 0.419 e. The summed E-state index contributed by atoms with van der Waals surface area (Å²) < 4.78 is 72.5. The largest absolute Gasteiger partial charge is 0.457 e. The van der Waals surface area contributed by atoms with Gasteiger partial charge in [0.25, 0.3) is 10.0 Å². The zero-order valence-corrected chi connectivity index (χ0v) is 14.8. The highest BCUT2D eigenvalue weighted by Crippen LogP contribution is 2.38. The van der Waals surface area contributed by atoms with Crippen LogP contribution in [0.15, 0.2) is 65.8 Å². The van der Waals surface area contributed by atoms with Crippen LogP contribution in [-0.2, 0) is 23.2 Å². The van der Waals surface area contributed by atoms with Gasteiger partial charge in [-0.1, -0.05) is 12.1 Å². The van der Waals surface area contributed by atoms with E-state index in [1.807, 2.05) is 0 Å². The minimum atomic E-state index is -4.55. The minimum absolute atomic E-state index is 0.0260. The number of nitrogens with one attached hydrogen (secondary N) is 1. The number of hydrogen-bond donors (Lipinski definition) is 1. The molecule has 27 heavy (non-hydrogen) atoms. The summed E-state index contributed by atoms with van der Waals surface area (Å²) in [5.74, 6) is -0.205. The van der Waals surface area contributed by atoms with Crippen LogP contribution in [0.5, 0.6) is 11.5 Å². The molecule has 6 nitrogen and oxygen atoms in total. The van der Waals surface area contributed by atoms with Gasteiger partial charge in [-0.15, -0.1) is 0 Å². The third-order valence-corrected chi connectivity index (χ3v) is 5.03. The first-order chi connectivity index (χ1) is 12.7. The van der Waals surface area contributed by atoms with E-state index in [1.165, 1.54) is 66.5 Å². The Bertz CT molecular complexity index is 1050. The molecule has 0 saturated heterocycles. The van der Waals surface area contributed by atoms with E-state index >= 15 is 0 Å². The molecule has 1 heterocycles. The first-order valence-electron chi connectivity index (χ1n) is 7.62. The highest BCUT2D eigenvalue weighted by molar-refractivity contribution is 7.92. The van der Waals surface area contributed by atoms with Gasteiger partial charge in [0.1, 0.15) is 11.5 Å². The van der Waals surface area contributed by atoms with E-state index in [2.05, 4.69) is 9.82 Å². The van der Waals surface area contributed by atoms with Crippen LogP contribution in [-0.4, -0.2) is 18.2 Å². The van der Waals surface area contributed by atoms with Crippen LogP contribution >= 0.6 is 0 Å². The SMILES string of the molecule is Cn1nccc1S(=O)(=O)Nc1ccc(Oc2ccccc2C(F)(F)F)cc1. The predicted octanol–water partition coefficient (Wildman–Crippen LogP) is 4.03. The van der Waals surface area contributed by atoms with Crippen molar-refractivity contribution in [2.75, 3.05) is 4.72 Å². The normalized spacial score (nSPS) is 12.0. The van der Waals surface area contributed by atoms with Gasteiger partial charge in [0, 0.05) is 12.7 Å². The van der Waals surface area contributed by atoms with Crippen LogP contribution in [0, 0.1) is 0 Å². The third kappa shape index (κ3) is 4.22. The topological polar surface area (TPSA) is 73.2 Å². The van der Waals surface area contributed by atoms with Crippen molar-refractivity contribution in [2.24, 2.45) is 7.05 Å². The van der Waals surface area contributed by atoms with Crippen molar-refractivity contribution in [3.63, 3.8) is 0 Å². The molecule has 0 saturated carbocycles. The Kier molecular flexibility index (Phi) is 4.83. The van der Waals surface area contributed by atoms with E-state index in [4.69, 9.17) is 4.74 Å². The van der Waals surface area contributed by atoms with Gasteiger partial charge in [-0.05, 0) is 42.5 Å². The maximum absolute atomic E-state index is 13.0. The van der Waals surface area contributed by atoms with Crippen LogP contribution in [0.3, 0.4) is 0 Å². The number of benzene rings is 2. The highest BCUT2D eigenvalue weighted by Gasteiger charge is 2.34. The van der Waals surface area contributed by atoms with Crippen LogP contribution in [0.4, 0.5) is 18.9 Å². The molecule has 1 aromatic heterocycles. The van der Waals surface area contributed by atoms with Crippen LogP contribution in [0.25, 0.3) is 0 Å². The first-order valence-corrected chi connectivity index (χ1v) is 9.10. The molecular weight excluding hydrogens is 383 g/mol. The average Bonchev–Trinajstić information content (AvgIpc) is 3.03. The Morgan fingerprint density at radius 3 is 2.30 bits per heavy atom. The molecule has 0 radical (unpaired) electrons. The van der Waals surface area contributed by atoms with Crippen molar-refractivity contribution in [3.8, 4) is 11.5 Å². The van der Waals surface area contributed by atoms with Gasteiger partial charge < -0.3 is 4.74 Å². The van der Waals surface area contributed by atoms with Gasteiger partial charge >= 0.3 is 6.18 Å². The van der Waals surface area contributed by atoms with E-state index in [0.717, 1.165) is 6.07 Å². The van der Waals surface area contributed by atoms with E-state index in [-0.39, 0.29) is 22.2 Å². The van der Waals surface area contributed by atoms with E-state index in [9.17, 15) is 21.6 Å². The summed E-state index contributed by atoms with van der Waals surface area (Å²) in [6.07, 6.45) is -3.20. The summed E-state index contributed by atoms with van der Waals surface area (Å²) in [6.45, 7) is 0. The van der Waals surface area contributed by atoms with Gasteiger partial charge in [0.2, 0.25) is 0 Å². The number of anilines is 1. The Morgan fingerprint density at radius 1 is 1.04 bits per heavy atom. The number of alkyl halides is 3. The Labute approximate surface area is 153 Å². The van der Waals surface area contributed by atoms with Gasteiger partial charge in [0.05, 0.1) is 11.8 Å². The Balaban J connectivity index is 1.78. The van der Waals surface area contributed by atoms with Crippen LogP contribution < -0.4 is 9.46 Å². The lowest BCUT2D eigenvalue weighted by Gasteiger charge is -2.14. The van der Waals surface area contributed by atoms with Crippen molar-refractivity contribution in [3.05, 3.63) is 66.4 Å². The molecule has 0 aliphatic rings. The lowest BCUT2D eigenvalue weighted by atomic mass is 10.2. The lowest BCUT2D eigenvalue weighted by Crippen LogP contribution is -2.16. The number of halogens is 3. The number of sulfonamides is 1.